The highest BCUT2D eigenvalue weighted by Crippen LogP contribution is 2.12. The summed E-state index contributed by atoms with van der Waals surface area (Å²) in [6.07, 6.45) is 3.07. The second kappa shape index (κ2) is 9.37. The normalized spacial score (nSPS) is 10.3. The largest absolute Gasteiger partial charge is 0.395 e. The summed E-state index contributed by atoms with van der Waals surface area (Å²) >= 11 is 0. The van der Waals surface area contributed by atoms with Crippen molar-refractivity contribution in [1.29, 1.82) is 0 Å². The molecule has 0 spiro atoms. The van der Waals surface area contributed by atoms with E-state index in [-0.39, 0.29) is 12.5 Å². The predicted molar refractivity (Wildman–Crippen MR) is 83.1 cm³/mol. The van der Waals surface area contributed by atoms with Gasteiger partial charge in [0.25, 0.3) is 5.91 Å². The Morgan fingerprint density at radius 1 is 1.15 bits per heavy atom. The van der Waals surface area contributed by atoms with Crippen LogP contribution in [0.5, 0.6) is 0 Å². The van der Waals surface area contributed by atoms with Crippen molar-refractivity contribution in [2.24, 2.45) is 0 Å². The number of unbranched alkanes of at least 4 members (excludes halogenated alkanes) is 1. The second-order valence-electron chi connectivity index (χ2n) is 4.87. The number of amides is 1. The van der Waals surface area contributed by atoms with Crippen LogP contribution in [-0.2, 0) is 0 Å². The molecule has 0 saturated carbocycles. The fourth-order valence-electron chi connectivity index (χ4n) is 1.97. The fraction of sp³-hybridized carbons (Fsp3) is 0.562. The molecule has 4 heteroatoms. The first-order chi connectivity index (χ1) is 9.72. The number of carbonyl (C=O) groups excluding carboxylic acids is 1. The Bertz CT molecular complexity index is 390. The molecule has 1 aromatic carbocycles. The molecule has 1 rings (SSSR count). The Morgan fingerprint density at radius 3 is 2.40 bits per heavy atom. The third-order valence-corrected chi connectivity index (χ3v) is 3.15. The molecule has 0 aliphatic carbocycles. The van der Waals surface area contributed by atoms with Crippen molar-refractivity contribution in [1.82, 2.24) is 4.90 Å². The van der Waals surface area contributed by atoms with Crippen LogP contribution in [0.25, 0.3) is 0 Å². The van der Waals surface area contributed by atoms with Gasteiger partial charge >= 0.3 is 0 Å². The van der Waals surface area contributed by atoms with Gasteiger partial charge in [0, 0.05) is 30.9 Å². The van der Waals surface area contributed by atoms with Crippen molar-refractivity contribution in [2.45, 2.75) is 33.1 Å². The van der Waals surface area contributed by atoms with Crippen LogP contribution in [0.1, 0.15) is 43.5 Å². The maximum absolute atomic E-state index is 12.4. The van der Waals surface area contributed by atoms with Gasteiger partial charge in [0.2, 0.25) is 0 Å². The van der Waals surface area contributed by atoms with Crippen LogP contribution in [0.3, 0.4) is 0 Å². The summed E-state index contributed by atoms with van der Waals surface area (Å²) in [6.45, 7) is 6.24. The lowest BCUT2D eigenvalue weighted by atomic mass is 10.1. The van der Waals surface area contributed by atoms with Crippen molar-refractivity contribution < 1.29 is 9.90 Å². The van der Waals surface area contributed by atoms with Crippen molar-refractivity contribution >= 4 is 11.6 Å². The molecule has 20 heavy (non-hydrogen) atoms. The molecular formula is C16H26N2O2. The highest BCUT2D eigenvalue weighted by molar-refractivity contribution is 5.94. The molecule has 0 atom stereocenters. The molecule has 112 valence electrons. The Labute approximate surface area is 121 Å². The van der Waals surface area contributed by atoms with Gasteiger partial charge in [-0.2, -0.15) is 0 Å². The number of benzene rings is 1. The zero-order chi connectivity index (χ0) is 14.8. The Kier molecular flexibility index (Phi) is 7.73. The molecule has 0 heterocycles. The molecule has 0 unspecified atom stereocenters. The third kappa shape index (κ3) is 5.21. The lowest BCUT2D eigenvalue weighted by Gasteiger charge is -2.21. The van der Waals surface area contributed by atoms with Crippen LogP contribution in [0, 0.1) is 0 Å². The van der Waals surface area contributed by atoms with E-state index < -0.39 is 0 Å². The minimum atomic E-state index is -0.00505. The highest BCUT2D eigenvalue weighted by Gasteiger charge is 2.14. The first kappa shape index (κ1) is 16.5. The van der Waals surface area contributed by atoms with E-state index in [1.54, 1.807) is 4.90 Å². The number of anilines is 1. The lowest BCUT2D eigenvalue weighted by Crippen LogP contribution is -2.34. The lowest BCUT2D eigenvalue weighted by molar-refractivity contribution is 0.0719. The van der Waals surface area contributed by atoms with E-state index in [0.29, 0.717) is 18.7 Å². The van der Waals surface area contributed by atoms with Crippen LogP contribution < -0.4 is 5.32 Å². The fourth-order valence-corrected chi connectivity index (χ4v) is 1.97. The molecule has 0 aromatic heterocycles. The van der Waals surface area contributed by atoms with E-state index in [9.17, 15) is 4.79 Å². The highest BCUT2D eigenvalue weighted by atomic mass is 16.3. The third-order valence-electron chi connectivity index (χ3n) is 3.15. The number of carbonyl (C=O) groups is 1. The number of nitrogens with one attached hydrogen (secondary N) is 1. The molecular weight excluding hydrogens is 252 g/mol. The van der Waals surface area contributed by atoms with E-state index in [4.69, 9.17) is 5.11 Å². The molecule has 0 fully saturated rings. The van der Waals surface area contributed by atoms with Gasteiger partial charge in [-0.1, -0.05) is 20.3 Å². The molecule has 1 amide bonds. The first-order valence-electron chi connectivity index (χ1n) is 7.47. The summed E-state index contributed by atoms with van der Waals surface area (Å²) in [4.78, 5) is 14.1. The topological polar surface area (TPSA) is 52.6 Å². The van der Waals surface area contributed by atoms with Crippen LogP contribution >= 0.6 is 0 Å². The van der Waals surface area contributed by atoms with E-state index in [2.05, 4.69) is 19.2 Å². The predicted octanol–water partition coefficient (Wildman–Crippen LogP) is 2.74. The maximum Gasteiger partial charge on any atom is 0.253 e. The van der Waals surface area contributed by atoms with Gasteiger partial charge in [0.15, 0.2) is 0 Å². The average molecular weight is 278 g/mol. The SMILES string of the molecule is CCCCN(CCO)C(=O)c1ccc(NCCC)cc1. The van der Waals surface area contributed by atoms with Crippen molar-refractivity contribution in [3.63, 3.8) is 0 Å². The van der Waals surface area contributed by atoms with E-state index >= 15 is 0 Å². The van der Waals surface area contributed by atoms with Gasteiger partial charge in [-0.25, -0.2) is 0 Å². The summed E-state index contributed by atoms with van der Waals surface area (Å²) in [7, 11) is 0. The Morgan fingerprint density at radius 2 is 1.85 bits per heavy atom. The minimum absolute atomic E-state index is 0.00505. The summed E-state index contributed by atoms with van der Waals surface area (Å²) in [6, 6.07) is 7.55. The van der Waals surface area contributed by atoms with Crippen LogP contribution in [0.2, 0.25) is 0 Å². The maximum atomic E-state index is 12.4. The summed E-state index contributed by atoms with van der Waals surface area (Å²) in [5.74, 6) is -0.00505. The molecule has 0 saturated heterocycles. The number of hydrogen-bond donors (Lipinski definition) is 2. The number of nitrogens with zero attached hydrogens (tertiary/aromatic N) is 1. The standard InChI is InChI=1S/C16H26N2O2/c1-3-5-11-18(12-13-19)16(20)14-6-8-15(9-7-14)17-10-4-2/h6-9,17,19H,3-5,10-13H2,1-2H3. The van der Waals surface area contributed by atoms with Gasteiger partial charge in [-0.05, 0) is 37.1 Å². The van der Waals surface area contributed by atoms with Crippen molar-refractivity contribution in [3.05, 3.63) is 29.8 Å². The van der Waals surface area contributed by atoms with Gasteiger partial charge in [-0.3, -0.25) is 4.79 Å². The minimum Gasteiger partial charge on any atom is -0.395 e. The summed E-state index contributed by atoms with van der Waals surface area (Å²) in [5.41, 5.74) is 1.71. The Hall–Kier alpha value is -1.55. The number of rotatable bonds is 9. The zero-order valence-corrected chi connectivity index (χ0v) is 12.6. The smallest absolute Gasteiger partial charge is 0.253 e. The monoisotopic (exact) mass is 278 g/mol. The van der Waals surface area contributed by atoms with Gasteiger partial charge in [0.05, 0.1) is 6.61 Å². The van der Waals surface area contributed by atoms with Crippen LogP contribution in [-0.4, -0.2) is 42.2 Å². The molecule has 0 bridgehead atoms. The molecule has 0 radical (unpaired) electrons. The van der Waals surface area contributed by atoms with Crippen LogP contribution in [0.4, 0.5) is 5.69 Å². The molecule has 0 aliphatic heterocycles. The number of hydrogen-bond acceptors (Lipinski definition) is 3. The molecule has 4 nitrogen and oxygen atoms in total. The quantitative estimate of drug-likeness (QED) is 0.730. The average Bonchev–Trinajstić information content (AvgIpc) is 2.49. The van der Waals surface area contributed by atoms with Crippen molar-refractivity contribution in [3.8, 4) is 0 Å². The first-order valence-corrected chi connectivity index (χ1v) is 7.47. The molecule has 0 aliphatic rings. The van der Waals surface area contributed by atoms with Crippen LogP contribution in [0.15, 0.2) is 24.3 Å². The van der Waals surface area contributed by atoms with Gasteiger partial charge in [-0.15, -0.1) is 0 Å². The Balaban J connectivity index is 2.67. The van der Waals surface area contributed by atoms with Gasteiger partial charge in [0.1, 0.15) is 0 Å². The summed E-state index contributed by atoms with van der Waals surface area (Å²) in [5, 5.41) is 12.4. The number of aliphatic hydroxyl groups excluding tert-OH is 1. The van der Waals surface area contributed by atoms with E-state index in [1.165, 1.54) is 0 Å². The second-order valence-corrected chi connectivity index (χ2v) is 4.87. The zero-order valence-electron chi connectivity index (χ0n) is 12.6. The summed E-state index contributed by atoms with van der Waals surface area (Å²) < 4.78 is 0. The van der Waals surface area contributed by atoms with E-state index in [0.717, 1.165) is 31.5 Å². The van der Waals surface area contributed by atoms with Gasteiger partial charge < -0.3 is 15.3 Å². The number of aliphatic hydroxyl groups is 1. The molecule has 1 aromatic rings. The molecule has 2 N–H and O–H groups in total. The van der Waals surface area contributed by atoms with E-state index in [1.807, 2.05) is 24.3 Å². The van der Waals surface area contributed by atoms with Crippen molar-refractivity contribution in [2.75, 3.05) is 31.6 Å².